The molecule has 2 aromatic carbocycles. The van der Waals surface area contributed by atoms with Crippen molar-refractivity contribution in [3.63, 3.8) is 0 Å². The molecular formula is C26H24Cl2N4O3. The first-order chi connectivity index (χ1) is 16.9. The number of aromatic nitrogens is 2. The van der Waals surface area contributed by atoms with Crippen molar-refractivity contribution in [1.29, 1.82) is 0 Å². The molecular weight excluding hydrogens is 487 g/mol. The number of fused-ring (bicyclic) bond motifs is 1. The van der Waals surface area contributed by atoms with E-state index in [1.165, 1.54) is 0 Å². The summed E-state index contributed by atoms with van der Waals surface area (Å²) in [5.74, 6) is 0.745. The molecule has 0 saturated carbocycles. The summed E-state index contributed by atoms with van der Waals surface area (Å²) in [6.07, 6.45) is 1.59. The third-order valence-corrected chi connectivity index (χ3v) is 5.68. The number of carbonyl (C=O) groups is 1. The highest BCUT2D eigenvalue weighted by Gasteiger charge is 2.20. The molecule has 4 aromatic rings. The maximum Gasteiger partial charge on any atom is 0.324 e. The van der Waals surface area contributed by atoms with Crippen molar-refractivity contribution in [1.82, 2.24) is 9.97 Å². The lowest BCUT2D eigenvalue weighted by Gasteiger charge is -2.18. The number of nitrogens with one attached hydrogen (secondary N) is 2. The van der Waals surface area contributed by atoms with Crippen molar-refractivity contribution in [3.8, 4) is 22.8 Å². The normalized spacial score (nSPS) is 10.8. The highest BCUT2D eigenvalue weighted by Crippen LogP contribution is 2.39. The van der Waals surface area contributed by atoms with Crippen LogP contribution in [0.1, 0.15) is 19.5 Å². The van der Waals surface area contributed by atoms with Crippen LogP contribution in [0.4, 0.5) is 16.2 Å². The molecule has 0 aliphatic rings. The van der Waals surface area contributed by atoms with Crippen molar-refractivity contribution in [2.24, 2.45) is 0 Å². The van der Waals surface area contributed by atoms with E-state index in [0.717, 1.165) is 16.5 Å². The van der Waals surface area contributed by atoms with Crippen LogP contribution in [-0.4, -0.2) is 29.2 Å². The summed E-state index contributed by atoms with van der Waals surface area (Å²) in [6.45, 7) is 6.33. The van der Waals surface area contributed by atoms with E-state index in [1.54, 1.807) is 30.5 Å². The van der Waals surface area contributed by atoms with Gasteiger partial charge in [0.1, 0.15) is 11.4 Å². The van der Waals surface area contributed by atoms with Gasteiger partial charge in [0.15, 0.2) is 0 Å². The second kappa shape index (κ2) is 10.8. The van der Waals surface area contributed by atoms with Gasteiger partial charge in [-0.25, -0.2) is 9.78 Å². The molecule has 0 aliphatic carbocycles. The topological polar surface area (TPSA) is 85.4 Å². The Labute approximate surface area is 213 Å². The van der Waals surface area contributed by atoms with Gasteiger partial charge >= 0.3 is 6.03 Å². The molecule has 2 aromatic heterocycles. The van der Waals surface area contributed by atoms with Gasteiger partial charge in [-0.3, -0.25) is 10.3 Å². The van der Waals surface area contributed by atoms with Crippen molar-refractivity contribution < 1.29 is 14.3 Å². The van der Waals surface area contributed by atoms with E-state index in [4.69, 9.17) is 32.7 Å². The lowest BCUT2D eigenvalue weighted by Crippen LogP contribution is -2.21. The minimum Gasteiger partial charge on any atom is -0.491 e. The predicted molar refractivity (Wildman–Crippen MR) is 141 cm³/mol. The van der Waals surface area contributed by atoms with Crippen molar-refractivity contribution in [3.05, 3.63) is 70.5 Å². The summed E-state index contributed by atoms with van der Waals surface area (Å²) >= 11 is 12.8. The minimum absolute atomic E-state index is 0.279. The van der Waals surface area contributed by atoms with E-state index in [2.05, 4.69) is 20.6 Å². The Morgan fingerprint density at radius 3 is 2.51 bits per heavy atom. The molecule has 35 heavy (non-hydrogen) atoms. The van der Waals surface area contributed by atoms with Gasteiger partial charge in [0, 0.05) is 38.3 Å². The van der Waals surface area contributed by atoms with E-state index in [-0.39, 0.29) is 5.88 Å². The van der Waals surface area contributed by atoms with Crippen LogP contribution in [0.3, 0.4) is 0 Å². The molecule has 0 bridgehead atoms. The Kier molecular flexibility index (Phi) is 7.58. The van der Waals surface area contributed by atoms with Crippen LogP contribution in [0.5, 0.6) is 11.6 Å². The standard InChI is InChI=1S/C26H24Cl2N4O3/c1-4-34-22-12-15(3)30-25(35-5-2)24(22)32-26(33)31-21-14-29-20-11-10-16(27)13-18(20)23(21)17-8-6-7-9-19(17)28/h6-14H,4-5H2,1-3H3,(H2,31,32,33). The molecule has 2 amide bonds. The third kappa shape index (κ3) is 5.42. The van der Waals surface area contributed by atoms with E-state index in [9.17, 15) is 4.79 Å². The third-order valence-electron chi connectivity index (χ3n) is 5.12. The highest BCUT2D eigenvalue weighted by molar-refractivity contribution is 6.34. The predicted octanol–water partition coefficient (Wildman–Crippen LogP) is 7.35. The lowest BCUT2D eigenvalue weighted by atomic mass is 9.99. The summed E-state index contributed by atoms with van der Waals surface area (Å²) < 4.78 is 11.4. The zero-order valence-electron chi connectivity index (χ0n) is 19.5. The lowest BCUT2D eigenvalue weighted by molar-refractivity contribution is 0.261. The van der Waals surface area contributed by atoms with Gasteiger partial charge in [0.05, 0.1) is 30.6 Å². The van der Waals surface area contributed by atoms with Crippen molar-refractivity contribution >= 4 is 51.5 Å². The molecule has 2 N–H and O–H groups in total. The van der Waals surface area contributed by atoms with E-state index in [0.29, 0.717) is 51.6 Å². The number of carbonyl (C=O) groups excluding carboxylic acids is 1. The number of urea groups is 1. The molecule has 0 unspecified atom stereocenters. The minimum atomic E-state index is -0.519. The Morgan fingerprint density at radius 1 is 1.00 bits per heavy atom. The summed E-state index contributed by atoms with van der Waals surface area (Å²) in [6, 6.07) is 14.0. The fraction of sp³-hybridized carbons (Fsp3) is 0.192. The number of amides is 2. The fourth-order valence-electron chi connectivity index (χ4n) is 3.72. The molecule has 2 heterocycles. The molecule has 0 spiro atoms. The Bertz CT molecular complexity index is 1370. The number of hydrogen-bond acceptors (Lipinski definition) is 5. The first-order valence-corrected chi connectivity index (χ1v) is 11.8. The fourth-order valence-corrected chi connectivity index (χ4v) is 4.12. The number of pyridine rings is 2. The number of benzene rings is 2. The molecule has 0 fully saturated rings. The second-order valence-electron chi connectivity index (χ2n) is 7.58. The van der Waals surface area contributed by atoms with Gasteiger partial charge in [-0.2, -0.15) is 0 Å². The molecule has 4 rings (SSSR count). The van der Waals surface area contributed by atoms with E-state index in [1.807, 2.05) is 45.0 Å². The van der Waals surface area contributed by atoms with Crippen molar-refractivity contribution in [2.45, 2.75) is 20.8 Å². The highest BCUT2D eigenvalue weighted by atomic mass is 35.5. The van der Waals surface area contributed by atoms with Crippen LogP contribution in [0.25, 0.3) is 22.0 Å². The van der Waals surface area contributed by atoms with Gasteiger partial charge in [-0.05, 0) is 45.0 Å². The van der Waals surface area contributed by atoms with Gasteiger partial charge in [-0.15, -0.1) is 0 Å². The van der Waals surface area contributed by atoms with Crippen LogP contribution >= 0.6 is 23.2 Å². The first kappa shape index (κ1) is 24.6. The van der Waals surface area contributed by atoms with Crippen LogP contribution in [0.15, 0.2) is 54.7 Å². The SMILES string of the molecule is CCOc1cc(C)nc(OCC)c1NC(=O)Nc1cnc2ccc(Cl)cc2c1-c1ccccc1Cl. The van der Waals surface area contributed by atoms with Crippen LogP contribution < -0.4 is 20.1 Å². The molecule has 7 nitrogen and oxygen atoms in total. The average molecular weight is 511 g/mol. The average Bonchev–Trinajstić information content (AvgIpc) is 2.82. The van der Waals surface area contributed by atoms with Crippen LogP contribution in [0.2, 0.25) is 10.0 Å². The molecule has 0 saturated heterocycles. The van der Waals surface area contributed by atoms with Gasteiger partial charge in [-0.1, -0.05) is 41.4 Å². The molecule has 9 heteroatoms. The number of halogens is 2. The molecule has 0 radical (unpaired) electrons. The smallest absolute Gasteiger partial charge is 0.324 e. The number of nitrogens with zero attached hydrogens (tertiary/aromatic N) is 2. The Balaban J connectivity index is 1.77. The van der Waals surface area contributed by atoms with Gasteiger partial charge < -0.3 is 14.8 Å². The number of rotatable bonds is 7. The molecule has 180 valence electrons. The Hall–Kier alpha value is -3.55. The zero-order valence-corrected chi connectivity index (χ0v) is 21.0. The number of aryl methyl sites for hydroxylation is 1. The monoisotopic (exact) mass is 510 g/mol. The largest absolute Gasteiger partial charge is 0.491 e. The summed E-state index contributed by atoms with van der Waals surface area (Å²) in [7, 11) is 0. The number of hydrogen-bond donors (Lipinski definition) is 2. The van der Waals surface area contributed by atoms with Gasteiger partial charge in [0.25, 0.3) is 0 Å². The molecule has 0 atom stereocenters. The van der Waals surface area contributed by atoms with Crippen molar-refractivity contribution in [2.75, 3.05) is 23.8 Å². The summed E-state index contributed by atoms with van der Waals surface area (Å²) in [4.78, 5) is 22.1. The second-order valence-corrected chi connectivity index (χ2v) is 8.42. The van der Waals surface area contributed by atoms with Crippen LogP contribution in [0, 0.1) is 6.92 Å². The zero-order chi connectivity index (χ0) is 24.9. The van der Waals surface area contributed by atoms with E-state index >= 15 is 0 Å². The maximum atomic E-state index is 13.2. The number of anilines is 2. The molecule has 0 aliphatic heterocycles. The van der Waals surface area contributed by atoms with Gasteiger partial charge in [0.2, 0.25) is 5.88 Å². The Morgan fingerprint density at radius 2 is 1.77 bits per heavy atom. The van der Waals surface area contributed by atoms with Crippen LogP contribution in [-0.2, 0) is 0 Å². The summed E-state index contributed by atoms with van der Waals surface area (Å²) in [5.41, 5.74) is 3.67. The van der Waals surface area contributed by atoms with E-state index < -0.39 is 6.03 Å². The number of ether oxygens (including phenoxy) is 2. The summed E-state index contributed by atoms with van der Waals surface area (Å²) in [5, 5.41) is 7.55. The maximum absolute atomic E-state index is 13.2. The quantitative estimate of drug-likeness (QED) is 0.271. The first-order valence-electron chi connectivity index (χ1n) is 11.1.